The van der Waals surface area contributed by atoms with Crippen molar-refractivity contribution >= 4 is 23.3 Å². The van der Waals surface area contributed by atoms with E-state index in [1.165, 1.54) is 18.2 Å². The van der Waals surface area contributed by atoms with Crippen LogP contribution in [0.2, 0.25) is 5.02 Å². The van der Waals surface area contributed by atoms with E-state index in [-0.39, 0.29) is 12.0 Å². The molecular weight excluding hydrogens is 336 g/mol. The Morgan fingerprint density at radius 2 is 1.96 bits per heavy atom. The molecule has 5 heteroatoms. The summed E-state index contributed by atoms with van der Waals surface area (Å²) in [7, 11) is 1.40. The zero-order valence-electron chi connectivity index (χ0n) is 14.1. The van der Waals surface area contributed by atoms with E-state index in [1.54, 1.807) is 0 Å². The number of halogens is 1. The van der Waals surface area contributed by atoms with E-state index in [0.717, 1.165) is 30.1 Å². The summed E-state index contributed by atoms with van der Waals surface area (Å²) in [4.78, 5) is 11.7. The monoisotopic (exact) mass is 356 g/mol. The number of anilines is 1. The van der Waals surface area contributed by atoms with Gasteiger partial charge in [0.2, 0.25) is 0 Å². The van der Waals surface area contributed by atoms with E-state index in [4.69, 9.17) is 16.3 Å². The molecule has 0 unspecified atom stereocenters. The highest BCUT2D eigenvalue weighted by molar-refractivity contribution is 6.30. The third-order valence-corrected chi connectivity index (χ3v) is 5.52. The molecule has 0 aliphatic carbocycles. The van der Waals surface area contributed by atoms with Crippen molar-refractivity contribution in [3.8, 4) is 0 Å². The standard InChI is InChI=1S/C20H21ClN2O2/c1-25-20(24)13-6-4-12(5-7-13)18-15-3-2-10-22-19(15)16-11-14(21)8-9-17(16)23-18/h4-9,11,15,18-19,22-23H,2-3,10H2,1H3/t15-,18-,19+/m0/s1. The number of benzene rings is 2. The average Bonchev–Trinajstić information content (AvgIpc) is 2.67. The zero-order valence-corrected chi connectivity index (χ0v) is 14.8. The van der Waals surface area contributed by atoms with Gasteiger partial charge in [0.15, 0.2) is 0 Å². The summed E-state index contributed by atoms with van der Waals surface area (Å²) in [5, 5.41) is 8.13. The summed E-state index contributed by atoms with van der Waals surface area (Å²) in [6.07, 6.45) is 2.32. The second kappa shape index (κ2) is 6.70. The summed E-state index contributed by atoms with van der Waals surface area (Å²) in [5.41, 5.74) is 4.14. The van der Waals surface area contributed by atoms with Crippen LogP contribution in [-0.4, -0.2) is 19.6 Å². The Balaban J connectivity index is 1.69. The van der Waals surface area contributed by atoms with Crippen molar-refractivity contribution in [3.05, 3.63) is 64.2 Å². The van der Waals surface area contributed by atoms with Crippen molar-refractivity contribution in [2.45, 2.75) is 24.9 Å². The number of fused-ring (bicyclic) bond motifs is 3. The molecule has 0 saturated carbocycles. The van der Waals surface area contributed by atoms with Gasteiger partial charge in [-0.1, -0.05) is 23.7 Å². The Morgan fingerprint density at radius 3 is 2.72 bits per heavy atom. The van der Waals surface area contributed by atoms with Gasteiger partial charge in [0.1, 0.15) is 0 Å². The van der Waals surface area contributed by atoms with Gasteiger partial charge in [-0.25, -0.2) is 4.79 Å². The molecule has 2 aromatic carbocycles. The van der Waals surface area contributed by atoms with E-state index >= 15 is 0 Å². The minimum absolute atomic E-state index is 0.207. The molecule has 0 bridgehead atoms. The lowest BCUT2D eigenvalue weighted by Crippen LogP contribution is -2.42. The second-order valence-corrected chi connectivity index (χ2v) is 7.14. The predicted octanol–water partition coefficient (Wildman–Crippen LogP) is 4.33. The van der Waals surface area contributed by atoms with Crippen LogP contribution in [0.4, 0.5) is 5.69 Å². The molecule has 2 aliphatic rings. The summed E-state index contributed by atoms with van der Waals surface area (Å²) < 4.78 is 4.79. The number of carbonyl (C=O) groups excluding carboxylic acids is 1. The Labute approximate surface area is 152 Å². The number of methoxy groups -OCH3 is 1. The third kappa shape index (κ3) is 3.00. The van der Waals surface area contributed by atoms with Gasteiger partial charge in [-0.05, 0) is 60.8 Å². The van der Waals surface area contributed by atoms with Crippen LogP contribution in [0.3, 0.4) is 0 Å². The molecular formula is C20H21ClN2O2. The van der Waals surface area contributed by atoms with Gasteiger partial charge < -0.3 is 15.4 Å². The molecule has 1 saturated heterocycles. The molecule has 0 radical (unpaired) electrons. The van der Waals surface area contributed by atoms with Gasteiger partial charge in [-0.3, -0.25) is 0 Å². The molecule has 4 rings (SSSR count). The quantitative estimate of drug-likeness (QED) is 0.786. The lowest BCUT2D eigenvalue weighted by atomic mass is 9.75. The van der Waals surface area contributed by atoms with Crippen LogP contribution in [-0.2, 0) is 4.74 Å². The number of hydrogen-bond donors (Lipinski definition) is 2. The van der Waals surface area contributed by atoms with E-state index in [0.29, 0.717) is 17.5 Å². The van der Waals surface area contributed by atoms with E-state index in [1.807, 2.05) is 30.3 Å². The number of ether oxygens (including phenoxy) is 1. The zero-order chi connectivity index (χ0) is 17.4. The number of hydrogen-bond acceptors (Lipinski definition) is 4. The number of rotatable bonds is 2. The maximum absolute atomic E-state index is 11.7. The van der Waals surface area contributed by atoms with Crippen LogP contribution < -0.4 is 10.6 Å². The van der Waals surface area contributed by atoms with Crippen molar-refractivity contribution in [1.29, 1.82) is 0 Å². The van der Waals surface area contributed by atoms with Crippen LogP contribution in [0.15, 0.2) is 42.5 Å². The first kappa shape index (κ1) is 16.4. The normalized spacial score (nSPS) is 24.6. The first-order chi connectivity index (χ1) is 12.2. The molecule has 4 nitrogen and oxygen atoms in total. The van der Waals surface area contributed by atoms with E-state index < -0.39 is 0 Å². The van der Waals surface area contributed by atoms with Crippen molar-refractivity contribution in [1.82, 2.24) is 5.32 Å². The molecule has 2 aromatic rings. The van der Waals surface area contributed by atoms with Gasteiger partial charge in [0, 0.05) is 22.7 Å². The SMILES string of the molecule is COC(=O)c1ccc([C@@H]2Nc3ccc(Cl)cc3[C@@H]3NCCC[C@@H]23)cc1. The maximum Gasteiger partial charge on any atom is 0.337 e. The molecule has 0 aromatic heterocycles. The van der Waals surface area contributed by atoms with E-state index in [2.05, 4.69) is 22.8 Å². The highest BCUT2D eigenvalue weighted by Crippen LogP contribution is 2.47. The third-order valence-electron chi connectivity index (χ3n) is 5.29. The number of piperidine rings is 1. The minimum atomic E-state index is -0.305. The highest BCUT2D eigenvalue weighted by Gasteiger charge is 2.38. The Morgan fingerprint density at radius 1 is 1.16 bits per heavy atom. The van der Waals surface area contributed by atoms with Crippen molar-refractivity contribution < 1.29 is 9.53 Å². The molecule has 2 N–H and O–H groups in total. The fourth-order valence-corrected chi connectivity index (χ4v) is 4.27. The number of carbonyl (C=O) groups is 1. The largest absolute Gasteiger partial charge is 0.465 e. The minimum Gasteiger partial charge on any atom is -0.465 e. The maximum atomic E-state index is 11.7. The molecule has 3 atom stereocenters. The molecule has 2 heterocycles. The number of esters is 1. The van der Waals surface area contributed by atoms with Crippen molar-refractivity contribution in [2.75, 3.05) is 19.0 Å². The summed E-state index contributed by atoms with van der Waals surface area (Å²) in [6.45, 7) is 1.03. The Bertz CT molecular complexity index is 791. The highest BCUT2D eigenvalue weighted by atomic mass is 35.5. The summed E-state index contributed by atoms with van der Waals surface area (Å²) in [5.74, 6) is 0.143. The van der Waals surface area contributed by atoms with Crippen LogP contribution in [0.1, 0.15) is 46.4 Å². The fourth-order valence-electron chi connectivity index (χ4n) is 4.08. The first-order valence-electron chi connectivity index (χ1n) is 8.65. The molecule has 1 fully saturated rings. The van der Waals surface area contributed by atoms with Crippen LogP contribution in [0.25, 0.3) is 0 Å². The average molecular weight is 357 g/mol. The molecule has 130 valence electrons. The molecule has 0 amide bonds. The summed E-state index contributed by atoms with van der Waals surface area (Å²) >= 11 is 6.22. The summed E-state index contributed by atoms with van der Waals surface area (Å²) in [6, 6.07) is 14.3. The smallest absolute Gasteiger partial charge is 0.337 e. The van der Waals surface area contributed by atoms with Crippen LogP contribution in [0.5, 0.6) is 0 Å². The lowest BCUT2D eigenvalue weighted by molar-refractivity contribution is 0.0600. The van der Waals surface area contributed by atoms with Gasteiger partial charge in [0.25, 0.3) is 0 Å². The fraction of sp³-hybridized carbons (Fsp3) is 0.350. The van der Waals surface area contributed by atoms with Gasteiger partial charge in [-0.2, -0.15) is 0 Å². The Kier molecular flexibility index (Phi) is 4.40. The van der Waals surface area contributed by atoms with E-state index in [9.17, 15) is 4.79 Å². The van der Waals surface area contributed by atoms with Gasteiger partial charge >= 0.3 is 5.97 Å². The van der Waals surface area contributed by atoms with Gasteiger partial charge in [-0.15, -0.1) is 0 Å². The van der Waals surface area contributed by atoms with Crippen LogP contribution in [0, 0.1) is 5.92 Å². The van der Waals surface area contributed by atoms with Crippen molar-refractivity contribution in [3.63, 3.8) is 0 Å². The van der Waals surface area contributed by atoms with Crippen molar-refractivity contribution in [2.24, 2.45) is 5.92 Å². The lowest BCUT2D eigenvalue weighted by Gasteiger charge is -2.44. The molecule has 25 heavy (non-hydrogen) atoms. The molecule has 0 spiro atoms. The topological polar surface area (TPSA) is 50.4 Å². The predicted molar refractivity (Wildman–Crippen MR) is 99.1 cm³/mol. The van der Waals surface area contributed by atoms with Crippen LogP contribution >= 0.6 is 11.6 Å². The second-order valence-electron chi connectivity index (χ2n) is 6.71. The Hall–Kier alpha value is -2.04. The van der Waals surface area contributed by atoms with Gasteiger partial charge in [0.05, 0.1) is 18.7 Å². The molecule has 2 aliphatic heterocycles. The number of nitrogens with one attached hydrogen (secondary N) is 2. The first-order valence-corrected chi connectivity index (χ1v) is 9.03.